The number of rotatable bonds is 5. The van der Waals surface area contributed by atoms with Gasteiger partial charge in [0.1, 0.15) is 0 Å². The number of hydrogen-bond acceptors (Lipinski definition) is 4. The molecular formula is C14H18N2O3S. The highest BCUT2D eigenvalue weighted by atomic mass is 32.2. The summed E-state index contributed by atoms with van der Waals surface area (Å²) >= 11 is 0. The van der Waals surface area contributed by atoms with Crippen LogP contribution in [0.1, 0.15) is 24.8 Å². The van der Waals surface area contributed by atoms with Crippen LogP contribution in [0.4, 0.5) is 0 Å². The zero-order valence-corrected chi connectivity index (χ0v) is 11.9. The topological polar surface area (TPSA) is 90.2 Å². The van der Waals surface area contributed by atoms with Gasteiger partial charge in [-0.15, -0.1) is 0 Å². The highest BCUT2D eigenvalue weighted by Gasteiger charge is 2.27. The van der Waals surface area contributed by atoms with Crippen LogP contribution in [0.2, 0.25) is 0 Å². The molecule has 1 aliphatic rings. The van der Waals surface area contributed by atoms with Crippen LogP contribution in [-0.4, -0.2) is 26.7 Å². The molecule has 1 aromatic rings. The summed E-state index contributed by atoms with van der Waals surface area (Å²) in [4.78, 5) is 0.162. The fourth-order valence-corrected chi connectivity index (χ4v) is 3.73. The maximum Gasteiger partial charge on any atom is 0.240 e. The van der Waals surface area contributed by atoms with Crippen molar-refractivity contribution >= 4 is 10.0 Å². The van der Waals surface area contributed by atoms with Gasteiger partial charge in [0.15, 0.2) is 0 Å². The summed E-state index contributed by atoms with van der Waals surface area (Å²) in [5.41, 5.74) is 0.431. The van der Waals surface area contributed by atoms with Crippen LogP contribution in [0.5, 0.6) is 0 Å². The van der Waals surface area contributed by atoms with Crippen molar-refractivity contribution in [3.8, 4) is 6.07 Å². The minimum absolute atomic E-state index is 0.114. The first-order valence-electron chi connectivity index (χ1n) is 6.67. The van der Waals surface area contributed by atoms with Gasteiger partial charge < -0.3 is 5.11 Å². The van der Waals surface area contributed by atoms with Crippen LogP contribution < -0.4 is 4.72 Å². The van der Waals surface area contributed by atoms with E-state index in [1.165, 1.54) is 24.3 Å². The number of aliphatic hydroxyl groups excluding tert-OH is 1. The fourth-order valence-electron chi connectivity index (χ4n) is 2.63. The normalized spacial score (nSPS) is 22.6. The number of sulfonamides is 1. The second-order valence-corrected chi connectivity index (χ2v) is 6.89. The summed E-state index contributed by atoms with van der Waals surface area (Å²) in [6.45, 7) is 0.469. The molecule has 0 spiro atoms. The average molecular weight is 294 g/mol. The first-order valence-corrected chi connectivity index (χ1v) is 8.16. The third kappa shape index (κ3) is 3.37. The van der Waals surface area contributed by atoms with Gasteiger partial charge in [-0.1, -0.05) is 6.42 Å². The number of benzene rings is 1. The molecular weight excluding hydrogens is 276 g/mol. The lowest BCUT2D eigenvalue weighted by Crippen LogP contribution is -2.31. The van der Waals surface area contributed by atoms with Crippen LogP contribution >= 0.6 is 0 Å². The van der Waals surface area contributed by atoms with Crippen LogP contribution in [0.3, 0.4) is 0 Å². The summed E-state index contributed by atoms with van der Waals surface area (Å²) < 4.78 is 26.9. The Kier molecular flexibility index (Phi) is 4.76. The third-order valence-corrected chi connectivity index (χ3v) is 5.32. The van der Waals surface area contributed by atoms with Crippen molar-refractivity contribution in [2.24, 2.45) is 11.8 Å². The van der Waals surface area contributed by atoms with Crippen LogP contribution in [0, 0.1) is 23.2 Å². The molecule has 2 N–H and O–H groups in total. The van der Waals surface area contributed by atoms with Gasteiger partial charge in [0, 0.05) is 13.2 Å². The summed E-state index contributed by atoms with van der Waals surface area (Å²) in [6, 6.07) is 7.79. The van der Waals surface area contributed by atoms with Gasteiger partial charge in [0.25, 0.3) is 0 Å². The second kappa shape index (κ2) is 6.35. The molecule has 0 amide bonds. The molecule has 0 radical (unpaired) electrons. The van der Waals surface area contributed by atoms with Crippen LogP contribution in [0.25, 0.3) is 0 Å². The van der Waals surface area contributed by atoms with Gasteiger partial charge in [0.2, 0.25) is 10.0 Å². The van der Waals surface area contributed by atoms with Gasteiger partial charge in [-0.3, -0.25) is 0 Å². The van der Waals surface area contributed by atoms with Gasteiger partial charge in [-0.05, 0) is 48.9 Å². The summed E-state index contributed by atoms with van der Waals surface area (Å²) in [5.74, 6) is 0.395. The molecule has 5 nitrogen and oxygen atoms in total. The van der Waals surface area contributed by atoms with E-state index in [1.807, 2.05) is 6.07 Å². The molecule has 1 fully saturated rings. The summed E-state index contributed by atoms with van der Waals surface area (Å²) in [7, 11) is -3.55. The Bertz CT molecular complexity index is 590. The molecule has 108 valence electrons. The lowest BCUT2D eigenvalue weighted by molar-refractivity contribution is 0.195. The van der Waals surface area contributed by atoms with Crippen molar-refractivity contribution in [3.63, 3.8) is 0 Å². The predicted molar refractivity (Wildman–Crippen MR) is 74.3 cm³/mol. The molecule has 20 heavy (non-hydrogen) atoms. The first-order chi connectivity index (χ1) is 9.56. The van der Waals surface area contributed by atoms with Crippen molar-refractivity contribution in [2.75, 3.05) is 13.2 Å². The molecule has 0 saturated heterocycles. The molecule has 0 heterocycles. The monoisotopic (exact) mass is 294 g/mol. The van der Waals surface area contributed by atoms with Gasteiger partial charge in [-0.2, -0.15) is 5.26 Å². The van der Waals surface area contributed by atoms with Crippen molar-refractivity contribution in [3.05, 3.63) is 29.8 Å². The van der Waals surface area contributed by atoms with E-state index in [1.54, 1.807) is 0 Å². The highest BCUT2D eigenvalue weighted by molar-refractivity contribution is 7.89. The van der Waals surface area contributed by atoms with Gasteiger partial charge in [-0.25, -0.2) is 13.1 Å². The Morgan fingerprint density at radius 1 is 1.25 bits per heavy atom. The summed E-state index contributed by atoms with van der Waals surface area (Å²) in [5, 5.41) is 17.9. The Hall–Kier alpha value is -1.42. The number of hydrogen-bond donors (Lipinski definition) is 2. The Labute approximate surface area is 119 Å². The van der Waals surface area contributed by atoms with Crippen molar-refractivity contribution in [1.29, 1.82) is 5.26 Å². The van der Waals surface area contributed by atoms with E-state index in [0.29, 0.717) is 12.1 Å². The summed E-state index contributed by atoms with van der Waals surface area (Å²) in [6.07, 6.45) is 2.94. The van der Waals surface area contributed by atoms with E-state index in [0.717, 1.165) is 19.3 Å². The minimum Gasteiger partial charge on any atom is -0.396 e. The van der Waals surface area contributed by atoms with Crippen molar-refractivity contribution < 1.29 is 13.5 Å². The lowest BCUT2D eigenvalue weighted by atomic mass is 9.97. The standard InChI is InChI=1S/C14H18N2O3S/c15-8-11-4-6-14(7-5-11)20(18,19)16-9-12-2-1-3-13(12)10-17/h4-7,12-13,16-17H,1-3,9-10H2. The lowest BCUT2D eigenvalue weighted by Gasteiger charge is -2.17. The van der Waals surface area contributed by atoms with Gasteiger partial charge in [0.05, 0.1) is 16.5 Å². The molecule has 0 aliphatic heterocycles. The van der Waals surface area contributed by atoms with E-state index in [9.17, 15) is 13.5 Å². The average Bonchev–Trinajstić information content (AvgIpc) is 2.93. The number of aliphatic hydroxyl groups is 1. The smallest absolute Gasteiger partial charge is 0.240 e. The van der Waals surface area contributed by atoms with E-state index in [-0.39, 0.29) is 23.3 Å². The maximum atomic E-state index is 12.1. The molecule has 1 aromatic carbocycles. The number of nitrogens with one attached hydrogen (secondary N) is 1. The Morgan fingerprint density at radius 2 is 1.90 bits per heavy atom. The molecule has 6 heteroatoms. The molecule has 1 saturated carbocycles. The van der Waals surface area contributed by atoms with E-state index < -0.39 is 10.0 Å². The molecule has 2 unspecified atom stereocenters. The molecule has 0 aromatic heterocycles. The molecule has 2 atom stereocenters. The zero-order valence-electron chi connectivity index (χ0n) is 11.1. The third-order valence-electron chi connectivity index (χ3n) is 3.88. The van der Waals surface area contributed by atoms with Crippen LogP contribution in [-0.2, 0) is 10.0 Å². The zero-order chi connectivity index (χ0) is 14.6. The molecule has 1 aliphatic carbocycles. The molecule has 2 rings (SSSR count). The second-order valence-electron chi connectivity index (χ2n) is 5.12. The SMILES string of the molecule is N#Cc1ccc(S(=O)(=O)NCC2CCCC2CO)cc1. The minimum atomic E-state index is -3.55. The fraction of sp³-hybridized carbons (Fsp3) is 0.500. The predicted octanol–water partition coefficient (Wildman–Crippen LogP) is 1.25. The van der Waals surface area contributed by atoms with Crippen molar-refractivity contribution in [1.82, 2.24) is 4.72 Å². The van der Waals surface area contributed by atoms with Crippen molar-refractivity contribution in [2.45, 2.75) is 24.2 Å². The first kappa shape index (κ1) is 15.0. The largest absolute Gasteiger partial charge is 0.396 e. The number of nitrogens with zero attached hydrogens (tertiary/aromatic N) is 1. The highest BCUT2D eigenvalue weighted by Crippen LogP contribution is 2.30. The number of nitriles is 1. The van der Waals surface area contributed by atoms with Crippen LogP contribution in [0.15, 0.2) is 29.2 Å². The van der Waals surface area contributed by atoms with E-state index in [2.05, 4.69) is 4.72 Å². The maximum absolute atomic E-state index is 12.1. The Balaban J connectivity index is 2.02. The van der Waals surface area contributed by atoms with E-state index >= 15 is 0 Å². The van der Waals surface area contributed by atoms with Gasteiger partial charge >= 0.3 is 0 Å². The quantitative estimate of drug-likeness (QED) is 0.855. The molecule has 0 bridgehead atoms. The Morgan fingerprint density at radius 3 is 2.50 bits per heavy atom. The van der Waals surface area contributed by atoms with E-state index in [4.69, 9.17) is 5.26 Å².